The summed E-state index contributed by atoms with van der Waals surface area (Å²) in [6.07, 6.45) is 2.00. The Bertz CT molecular complexity index is 366. The standard InChI is InChI=1S/C11H12BrClOS/c1-7(13)11(14)8-4-3-5-10(15-2)9(8)6-12/h3-5,7H,6H2,1-2H3. The first-order valence-corrected chi connectivity index (χ1v) is 7.30. The van der Waals surface area contributed by atoms with Crippen molar-refractivity contribution in [3.63, 3.8) is 0 Å². The van der Waals surface area contributed by atoms with Crippen LogP contribution >= 0.6 is 39.3 Å². The summed E-state index contributed by atoms with van der Waals surface area (Å²) in [6, 6.07) is 5.74. The van der Waals surface area contributed by atoms with Crippen LogP contribution in [0.3, 0.4) is 0 Å². The van der Waals surface area contributed by atoms with Gasteiger partial charge in [0.25, 0.3) is 0 Å². The largest absolute Gasteiger partial charge is 0.293 e. The number of halogens is 2. The lowest BCUT2D eigenvalue weighted by molar-refractivity contribution is 0.0991. The minimum Gasteiger partial charge on any atom is -0.293 e. The predicted octanol–water partition coefficient (Wildman–Crippen LogP) is 4.11. The average Bonchev–Trinajstić information content (AvgIpc) is 2.26. The number of carbonyl (C=O) groups excluding carboxylic acids is 1. The molecule has 1 nitrogen and oxygen atoms in total. The third-order valence-electron chi connectivity index (χ3n) is 2.11. The summed E-state index contributed by atoms with van der Waals surface area (Å²) >= 11 is 10.9. The van der Waals surface area contributed by atoms with Crippen molar-refractivity contribution in [3.05, 3.63) is 29.3 Å². The number of hydrogen-bond acceptors (Lipinski definition) is 2. The molecule has 1 atom stereocenters. The fourth-order valence-electron chi connectivity index (χ4n) is 1.34. The van der Waals surface area contributed by atoms with Crippen LogP contribution in [0.15, 0.2) is 23.1 Å². The van der Waals surface area contributed by atoms with Gasteiger partial charge >= 0.3 is 0 Å². The molecule has 1 aromatic rings. The molecule has 0 spiro atoms. The minimum absolute atomic E-state index is 0.0120. The first kappa shape index (κ1) is 13.1. The molecule has 0 heterocycles. The van der Waals surface area contributed by atoms with Crippen molar-refractivity contribution in [1.29, 1.82) is 0 Å². The summed E-state index contributed by atoms with van der Waals surface area (Å²) in [4.78, 5) is 13.0. The summed E-state index contributed by atoms with van der Waals surface area (Å²) in [5.74, 6) is -0.0120. The molecule has 0 amide bonds. The smallest absolute Gasteiger partial charge is 0.180 e. The average molecular weight is 308 g/mol. The van der Waals surface area contributed by atoms with Crippen LogP contribution in [-0.4, -0.2) is 17.4 Å². The lowest BCUT2D eigenvalue weighted by Crippen LogP contribution is -2.13. The van der Waals surface area contributed by atoms with E-state index in [1.54, 1.807) is 18.7 Å². The molecular weight excluding hydrogens is 296 g/mol. The Balaban J connectivity index is 3.23. The fraction of sp³-hybridized carbons (Fsp3) is 0.364. The molecule has 0 radical (unpaired) electrons. The molecule has 0 aromatic heterocycles. The number of thioether (sulfide) groups is 1. The van der Waals surface area contributed by atoms with Crippen LogP contribution in [0.5, 0.6) is 0 Å². The number of carbonyl (C=O) groups is 1. The summed E-state index contributed by atoms with van der Waals surface area (Å²) in [6.45, 7) is 1.70. The third-order valence-corrected chi connectivity index (χ3v) is 3.69. The highest BCUT2D eigenvalue weighted by Gasteiger charge is 2.17. The van der Waals surface area contributed by atoms with Crippen molar-refractivity contribution in [3.8, 4) is 0 Å². The molecule has 0 aliphatic rings. The molecule has 0 saturated carbocycles. The molecule has 82 valence electrons. The SMILES string of the molecule is CSc1cccc(C(=O)C(C)Cl)c1CBr. The van der Waals surface area contributed by atoms with E-state index < -0.39 is 5.38 Å². The zero-order valence-corrected chi connectivity index (χ0v) is 11.7. The molecule has 1 unspecified atom stereocenters. The highest BCUT2D eigenvalue weighted by atomic mass is 79.9. The van der Waals surface area contributed by atoms with Crippen molar-refractivity contribution in [2.75, 3.05) is 6.26 Å². The van der Waals surface area contributed by atoms with Gasteiger partial charge < -0.3 is 0 Å². The molecular formula is C11H12BrClOS. The van der Waals surface area contributed by atoms with Crippen LogP contribution in [0.1, 0.15) is 22.8 Å². The van der Waals surface area contributed by atoms with Gasteiger partial charge in [-0.05, 0) is 24.8 Å². The molecule has 1 aromatic carbocycles. The molecule has 15 heavy (non-hydrogen) atoms. The van der Waals surface area contributed by atoms with E-state index in [0.717, 1.165) is 16.0 Å². The zero-order valence-electron chi connectivity index (χ0n) is 8.59. The summed E-state index contributed by atoms with van der Waals surface area (Å²) < 4.78 is 0. The molecule has 1 rings (SSSR count). The third kappa shape index (κ3) is 2.99. The van der Waals surface area contributed by atoms with E-state index in [0.29, 0.717) is 5.33 Å². The molecule has 0 saturated heterocycles. The second kappa shape index (κ2) is 5.92. The number of benzene rings is 1. The van der Waals surface area contributed by atoms with Crippen LogP contribution in [0.2, 0.25) is 0 Å². The molecule has 0 N–H and O–H groups in total. The van der Waals surface area contributed by atoms with Gasteiger partial charge in [0.2, 0.25) is 0 Å². The first-order valence-electron chi connectivity index (χ1n) is 4.52. The van der Waals surface area contributed by atoms with Crippen molar-refractivity contribution < 1.29 is 4.79 Å². The topological polar surface area (TPSA) is 17.1 Å². The summed E-state index contributed by atoms with van der Waals surface area (Å²) in [5, 5.41) is 0.203. The lowest BCUT2D eigenvalue weighted by atomic mass is 10.0. The van der Waals surface area contributed by atoms with E-state index in [4.69, 9.17) is 11.6 Å². The monoisotopic (exact) mass is 306 g/mol. The van der Waals surface area contributed by atoms with E-state index in [2.05, 4.69) is 15.9 Å². The molecule has 4 heteroatoms. The molecule has 0 aliphatic carbocycles. The highest BCUT2D eigenvalue weighted by Crippen LogP contribution is 2.27. The summed E-state index contributed by atoms with van der Waals surface area (Å²) in [7, 11) is 0. The maximum absolute atomic E-state index is 11.8. The van der Waals surface area contributed by atoms with Crippen LogP contribution in [0.25, 0.3) is 0 Å². The van der Waals surface area contributed by atoms with Gasteiger partial charge in [0.05, 0.1) is 5.38 Å². The van der Waals surface area contributed by atoms with Gasteiger partial charge in [0.15, 0.2) is 5.78 Å². The van der Waals surface area contributed by atoms with Gasteiger partial charge in [0, 0.05) is 15.8 Å². The second-order valence-electron chi connectivity index (χ2n) is 3.10. The molecule has 0 fully saturated rings. The Labute approximate surface area is 108 Å². The Morgan fingerprint density at radius 1 is 1.60 bits per heavy atom. The van der Waals surface area contributed by atoms with E-state index in [9.17, 15) is 4.79 Å². The van der Waals surface area contributed by atoms with Gasteiger partial charge in [-0.2, -0.15) is 0 Å². The van der Waals surface area contributed by atoms with Gasteiger partial charge in [0.1, 0.15) is 0 Å². The maximum atomic E-state index is 11.8. The van der Waals surface area contributed by atoms with Crippen LogP contribution < -0.4 is 0 Å². The number of hydrogen-bond donors (Lipinski definition) is 0. The van der Waals surface area contributed by atoms with Gasteiger partial charge in [-0.1, -0.05) is 28.1 Å². The van der Waals surface area contributed by atoms with Gasteiger partial charge in [-0.25, -0.2) is 0 Å². The van der Waals surface area contributed by atoms with Gasteiger partial charge in [-0.3, -0.25) is 4.79 Å². The lowest BCUT2D eigenvalue weighted by Gasteiger charge is -2.11. The Kier molecular flexibility index (Phi) is 5.16. The molecule has 0 aliphatic heterocycles. The predicted molar refractivity (Wildman–Crippen MR) is 70.5 cm³/mol. The number of Topliss-reactive ketones (excluding diaryl/α,β-unsaturated/α-hetero) is 1. The van der Waals surface area contributed by atoms with E-state index in [1.165, 1.54) is 0 Å². The Hall–Kier alpha value is 0.01000. The Morgan fingerprint density at radius 2 is 2.27 bits per heavy atom. The quantitative estimate of drug-likeness (QED) is 0.473. The normalized spacial score (nSPS) is 12.5. The van der Waals surface area contributed by atoms with Crippen LogP contribution in [0.4, 0.5) is 0 Å². The molecule has 0 bridgehead atoms. The van der Waals surface area contributed by atoms with Crippen molar-refractivity contribution in [1.82, 2.24) is 0 Å². The van der Waals surface area contributed by atoms with E-state index in [-0.39, 0.29) is 5.78 Å². The van der Waals surface area contributed by atoms with Crippen molar-refractivity contribution >= 4 is 45.1 Å². The zero-order chi connectivity index (χ0) is 11.4. The van der Waals surface area contributed by atoms with Gasteiger partial charge in [-0.15, -0.1) is 23.4 Å². The van der Waals surface area contributed by atoms with Crippen molar-refractivity contribution in [2.45, 2.75) is 22.5 Å². The maximum Gasteiger partial charge on any atom is 0.180 e. The number of alkyl halides is 2. The summed E-state index contributed by atoms with van der Waals surface area (Å²) in [5.41, 5.74) is 1.75. The fourth-order valence-corrected chi connectivity index (χ4v) is 2.89. The minimum atomic E-state index is -0.472. The Morgan fingerprint density at radius 3 is 2.73 bits per heavy atom. The van der Waals surface area contributed by atoms with Crippen LogP contribution in [0, 0.1) is 0 Å². The number of ketones is 1. The van der Waals surface area contributed by atoms with Crippen molar-refractivity contribution in [2.24, 2.45) is 0 Å². The van der Waals surface area contributed by atoms with E-state index >= 15 is 0 Å². The highest BCUT2D eigenvalue weighted by molar-refractivity contribution is 9.08. The first-order chi connectivity index (χ1) is 7.11. The number of rotatable bonds is 4. The van der Waals surface area contributed by atoms with E-state index in [1.807, 2.05) is 24.5 Å². The van der Waals surface area contributed by atoms with Crippen LogP contribution in [-0.2, 0) is 5.33 Å². The second-order valence-corrected chi connectivity index (χ2v) is 5.16.